The highest BCUT2D eigenvalue weighted by Gasteiger charge is 2.37. The Morgan fingerprint density at radius 1 is 1.33 bits per heavy atom. The molecule has 1 N–H and O–H groups in total. The lowest BCUT2D eigenvalue weighted by Gasteiger charge is -2.27. The van der Waals surface area contributed by atoms with Gasteiger partial charge in [0.15, 0.2) is 0 Å². The number of amides is 1. The molecule has 3 heterocycles. The van der Waals surface area contributed by atoms with Crippen LogP contribution in [0.25, 0.3) is 10.6 Å². The van der Waals surface area contributed by atoms with Gasteiger partial charge in [0.05, 0.1) is 12.1 Å². The normalized spacial score (nSPS) is 23.3. The first-order chi connectivity index (χ1) is 11.7. The minimum absolute atomic E-state index is 0.169. The monoisotopic (exact) mass is 345 g/mol. The van der Waals surface area contributed by atoms with Crippen molar-refractivity contribution in [2.45, 2.75) is 37.8 Å². The molecule has 1 aromatic heterocycles. The quantitative estimate of drug-likeness (QED) is 0.930. The Hall–Kier alpha value is -1.79. The zero-order valence-corrected chi connectivity index (χ0v) is 14.2. The van der Waals surface area contributed by atoms with Gasteiger partial charge in [-0.2, -0.15) is 0 Å². The van der Waals surface area contributed by atoms with E-state index in [1.54, 1.807) is 6.07 Å². The molecular weight excluding hydrogens is 325 g/mol. The van der Waals surface area contributed by atoms with Gasteiger partial charge in [0.1, 0.15) is 10.8 Å². The summed E-state index contributed by atoms with van der Waals surface area (Å²) in [5.74, 6) is -0.101. The molecule has 2 aromatic rings. The molecule has 2 aliphatic heterocycles. The summed E-state index contributed by atoms with van der Waals surface area (Å²) < 4.78 is 13.4. The van der Waals surface area contributed by atoms with Gasteiger partial charge in [0, 0.05) is 29.6 Å². The minimum atomic E-state index is -0.269. The number of thiazole rings is 1. The van der Waals surface area contributed by atoms with Gasteiger partial charge in [0.25, 0.3) is 0 Å². The Morgan fingerprint density at radius 2 is 2.21 bits per heavy atom. The lowest BCUT2D eigenvalue weighted by molar-refractivity contribution is -0.133. The van der Waals surface area contributed by atoms with Gasteiger partial charge in [-0.3, -0.25) is 4.79 Å². The third-order valence-electron chi connectivity index (χ3n) is 4.90. The maximum absolute atomic E-state index is 13.4. The predicted molar refractivity (Wildman–Crippen MR) is 92.4 cm³/mol. The van der Waals surface area contributed by atoms with E-state index in [1.807, 2.05) is 11.4 Å². The average Bonchev–Trinajstić information content (AvgIpc) is 3.11. The highest BCUT2D eigenvalue weighted by Crippen LogP contribution is 2.29. The van der Waals surface area contributed by atoms with Gasteiger partial charge in [-0.25, -0.2) is 9.37 Å². The van der Waals surface area contributed by atoms with Crippen molar-refractivity contribution >= 4 is 17.2 Å². The second kappa shape index (κ2) is 6.61. The number of hydrogen-bond donors (Lipinski definition) is 1. The van der Waals surface area contributed by atoms with E-state index in [0.29, 0.717) is 18.5 Å². The molecule has 6 heteroatoms. The second-order valence-corrected chi connectivity index (χ2v) is 7.37. The first kappa shape index (κ1) is 15.7. The first-order valence-corrected chi connectivity index (χ1v) is 9.31. The van der Waals surface area contributed by atoms with Crippen molar-refractivity contribution in [2.24, 2.45) is 0 Å². The zero-order chi connectivity index (χ0) is 16.5. The Balaban J connectivity index is 1.49. The molecule has 4 nitrogen and oxygen atoms in total. The van der Waals surface area contributed by atoms with Crippen molar-refractivity contribution in [3.63, 3.8) is 0 Å². The maximum atomic E-state index is 13.4. The van der Waals surface area contributed by atoms with Crippen molar-refractivity contribution in [1.82, 2.24) is 15.2 Å². The summed E-state index contributed by atoms with van der Waals surface area (Å²) in [5.41, 5.74) is 1.54. The molecule has 0 radical (unpaired) electrons. The summed E-state index contributed by atoms with van der Waals surface area (Å²) in [5, 5.41) is 6.09. The van der Waals surface area contributed by atoms with Crippen molar-refractivity contribution in [1.29, 1.82) is 0 Å². The van der Waals surface area contributed by atoms with Crippen molar-refractivity contribution < 1.29 is 9.18 Å². The fraction of sp³-hybridized carbons (Fsp3) is 0.444. The first-order valence-electron chi connectivity index (χ1n) is 8.43. The summed E-state index contributed by atoms with van der Waals surface area (Å²) in [7, 11) is 0. The van der Waals surface area contributed by atoms with E-state index < -0.39 is 0 Å². The molecule has 2 atom stereocenters. The molecule has 1 aromatic carbocycles. The number of carbonyl (C=O) groups is 1. The summed E-state index contributed by atoms with van der Waals surface area (Å²) in [6.45, 7) is 1.89. The molecule has 2 unspecified atom stereocenters. The number of hydrogen-bond acceptors (Lipinski definition) is 4. The van der Waals surface area contributed by atoms with Crippen LogP contribution >= 0.6 is 11.3 Å². The molecule has 0 aliphatic carbocycles. The van der Waals surface area contributed by atoms with Gasteiger partial charge in [-0.15, -0.1) is 11.3 Å². The topological polar surface area (TPSA) is 45.2 Å². The third kappa shape index (κ3) is 3.08. The van der Waals surface area contributed by atoms with Gasteiger partial charge < -0.3 is 10.2 Å². The summed E-state index contributed by atoms with van der Waals surface area (Å²) in [6.07, 6.45) is 3.57. The van der Waals surface area contributed by atoms with Crippen LogP contribution in [0.2, 0.25) is 0 Å². The van der Waals surface area contributed by atoms with Crippen LogP contribution in [0.5, 0.6) is 0 Å². The second-order valence-electron chi connectivity index (χ2n) is 6.51. The van der Waals surface area contributed by atoms with Crippen molar-refractivity contribution in [2.75, 3.05) is 13.1 Å². The number of fused-ring (bicyclic) bond motifs is 2. The lowest BCUT2D eigenvalue weighted by atomic mass is 10.1. The van der Waals surface area contributed by atoms with Gasteiger partial charge in [0.2, 0.25) is 5.91 Å². The van der Waals surface area contributed by atoms with Crippen LogP contribution in [0.4, 0.5) is 4.39 Å². The van der Waals surface area contributed by atoms with Gasteiger partial charge in [-0.1, -0.05) is 12.1 Å². The van der Waals surface area contributed by atoms with Crippen LogP contribution in [-0.2, 0) is 11.2 Å². The Kier molecular flexibility index (Phi) is 4.33. The van der Waals surface area contributed by atoms with Crippen molar-refractivity contribution in [3.8, 4) is 10.6 Å². The fourth-order valence-electron chi connectivity index (χ4n) is 3.78. The number of nitrogens with zero attached hydrogens (tertiary/aromatic N) is 2. The number of benzene rings is 1. The molecule has 4 rings (SSSR count). The number of halogens is 1. The molecule has 2 fully saturated rings. The van der Waals surface area contributed by atoms with E-state index >= 15 is 0 Å². The molecule has 126 valence electrons. The van der Waals surface area contributed by atoms with E-state index in [9.17, 15) is 9.18 Å². The number of aromatic nitrogens is 1. The van der Waals surface area contributed by atoms with E-state index in [1.165, 1.54) is 23.5 Å². The largest absolute Gasteiger partial charge is 0.335 e. The summed E-state index contributed by atoms with van der Waals surface area (Å²) in [4.78, 5) is 19.4. The summed E-state index contributed by atoms with van der Waals surface area (Å²) in [6, 6.07) is 7.12. The Labute approximate surface area is 144 Å². The zero-order valence-electron chi connectivity index (χ0n) is 13.4. The van der Waals surface area contributed by atoms with Crippen LogP contribution in [0.15, 0.2) is 29.6 Å². The van der Waals surface area contributed by atoms with E-state index in [2.05, 4.69) is 15.2 Å². The van der Waals surface area contributed by atoms with E-state index in [0.717, 1.165) is 48.6 Å². The molecular formula is C18H20FN3OS. The SMILES string of the molecule is O=C(Cc1csc(-c2cccc(F)c2)n1)N1C2CCNCC1CC2. The van der Waals surface area contributed by atoms with Crippen LogP contribution < -0.4 is 5.32 Å². The maximum Gasteiger partial charge on any atom is 0.229 e. The number of nitrogens with one attached hydrogen (secondary N) is 1. The van der Waals surface area contributed by atoms with Crippen LogP contribution in [0, 0.1) is 5.82 Å². The minimum Gasteiger partial charge on any atom is -0.335 e. The number of carbonyl (C=O) groups excluding carboxylic acids is 1. The third-order valence-corrected chi connectivity index (χ3v) is 5.84. The van der Waals surface area contributed by atoms with Crippen LogP contribution in [-0.4, -0.2) is 41.0 Å². The van der Waals surface area contributed by atoms with E-state index in [4.69, 9.17) is 0 Å². The molecule has 2 saturated heterocycles. The highest BCUT2D eigenvalue weighted by atomic mass is 32.1. The highest BCUT2D eigenvalue weighted by molar-refractivity contribution is 7.13. The molecule has 2 bridgehead atoms. The lowest BCUT2D eigenvalue weighted by Crippen LogP contribution is -2.43. The van der Waals surface area contributed by atoms with Gasteiger partial charge >= 0.3 is 0 Å². The van der Waals surface area contributed by atoms with Crippen LogP contribution in [0.3, 0.4) is 0 Å². The standard InChI is InChI=1S/C18H20FN3OS/c19-13-3-1-2-12(8-13)18-21-14(11-24-18)9-17(23)22-15-4-5-16(22)10-20-7-6-15/h1-3,8,11,15-16,20H,4-7,9-10H2. The average molecular weight is 345 g/mol. The van der Waals surface area contributed by atoms with E-state index in [-0.39, 0.29) is 11.7 Å². The predicted octanol–water partition coefficient (Wildman–Crippen LogP) is 2.84. The van der Waals surface area contributed by atoms with Crippen LogP contribution in [0.1, 0.15) is 25.0 Å². The van der Waals surface area contributed by atoms with Gasteiger partial charge in [-0.05, 0) is 37.9 Å². The summed E-state index contributed by atoms with van der Waals surface area (Å²) >= 11 is 1.46. The molecule has 2 aliphatic rings. The molecule has 0 spiro atoms. The Bertz CT molecular complexity index is 733. The molecule has 0 saturated carbocycles. The molecule has 1 amide bonds. The Morgan fingerprint density at radius 3 is 3.08 bits per heavy atom. The fourth-order valence-corrected chi connectivity index (χ4v) is 4.59. The number of rotatable bonds is 3. The van der Waals surface area contributed by atoms with Crippen molar-refractivity contribution in [3.05, 3.63) is 41.2 Å². The smallest absolute Gasteiger partial charge is 0.229 e. The molecule has 24 heavy (non-hydrogen) atoms.